The van der Waals surface area contributed by atoms with E-state index in [-0.39, 0.29) is 0 Å². The van der Waals surface area contributed by atoms with E-state index in [1.54, 1.807) is 6.26 Å². The smallest absolute Gasteiger partial charge is 0.0948 e. The minimum Gasteiger partial charge on any atom is -0.332 e. The minimum absolute atomic E-state index is 0.442. The van der Waals surface area contributed by atoms with Crippen LogP contribution in [0.25, 0.3) is 0 Å². The topological polar surface area (TPSA) is 46.9 Å². The summed E-state index contributed by atoms with van der Waals surface area (Å²) >= 11 is 0. The number of hydrogen-bond donors (Lipinski definition) is 1. The van der Waals surface area contributed by atoms with Gasteiger partial charge in [-0.2, -0.15) is 0 Å². The highest BCUT2D eigenvalue weighted by Gasteiger charge is 2.19. The Hall–Kier alpha value is -0.680. The number of aromatic nitrogens is 2. The van der Waals surface area contributed by atoms with E-state index in [1.807, 2.05) is 12.5 Å². The Labute approximate surface area is 92.5 Å². The molecule has 0 spiro atoms. The Balaban J connectivity index is 2.04. The maximum Gasteiger partial charge on any atom is 0.0948 e. The first-order valence-electron chi connectivity index (χ1n) is 5.31. The van der Waals surface area contributed by atoms with Crippen molar-refractivity contribution in [3.8, 4) is 0 Å². The van der Waals surface area contributed by atoms with Crippen LogP contribution in [0.4, 0.5) is 0 Å². The standard InChI is InChI=1S/C10H17N3OS/c1-15(14)6-5-13-8-11-7-10(13)9-3-2-4-12-9/h7-9,12H,2-6H2,1H3/t9-,15?/m0/s1. The Bertz CT molecular complexity index is 344. The lowest BCUT2D eigenvalue weighted by Gasteiger charge is -2.13. The zero-order valence-electron chi connectivity index (χ0n) is 8.98. The number of aryl methyl sites for hydroxylation is 1. The lowest BCUT2D eigenvalue weighted by atomic mass is 10.2. The van der Waals surface area contributed by atoms with Crippen LogP contribution in [0, 0.1) is 0 Å². The minimum atomic E-state index is -0.729. The summed E-state index contributed by atoms with van der Waals surface area (Å²) in [5.41, 5.74) is 1.23. The zero-order valence-corrected chi connectivity index (χ0v) is 9.80. The molecule has 1 unspecified atom stereocenters. The lowest BCUT2D eigenvalue weighted by molar-refractivity contribution is 0.577. The molecule has 1 aromatic rings. The van der Waals surface area contributed by atoms with Gasteiger partial charge in [0.2, 0.25) is 0 Å². The molecule has 0 radical (unpaired) electrons. The Morgan fingerprint density at radius 2 is 2.60 bits per heavy atom. The third-order valence-corrected chi connectivity index (χ3v) is 3.54. The average molecular weight is 227 g/mol. The molecule has 84 valence electrons. The predicted molar refractivity (Wildman–Crippen MR) is 61.1 cm³/mol. The molecule has 0 amide bonds. The van der Waals surface area contributed by atoms with E-state index in [2.05, 4.69) is 14.9 Å². The normalized spacial score (nSPS) is 23.1. The zero-order chi connectivity index (χ0) is 10.7. The number of nitrogens with zero attached hydrogens (tertiary/aromatic N) is 2. The van der Waals surface area contributed by atoms with Crippen LogP contribution in [-0.2, 0) is 17.3 Å². The molecular weight excluding hydrogens is 210 g/mol. The molecule has 1 aliphatic rings. The number of rotatable bonds is 4. The fourth-order valence-corrected chi connectivity index (χ4v) is 2.43. The summed E-state index contributed by atoms with van der Waals surface area (Å²) in [6.07, 6.45) is 7.91. The van der Waals surface area contributed by atoms with E-state index in [1.165, 1.54) is 18.5 Å². The molecule has 1 N–H and O–H groups in total. The van der Waals surface area contributed by atoms with Gasteiger partial charge in [0.25, 0.3) is 0 Å². The van der Waals surface area contributed by atoms with Crippen molar-refractivity contribution in [2.75, 3.05) is 18.6 Å². The first kappa shape index (κ1) is 10.8. The lowest BCUT2D eigenvalue weighted by Crippen LogP contribution is -2.18. The van der Waals surface area contributed by atoms with E-state index in [0.29, 0.717) is 11.8 Å². The van der Waals surface area contributed by atoms with Gasteiger partial charge in [-0.25, -0.2) is 4.98 Å². The SMILES string of the molecule is CS(=O)CCn1cncc1[C@@H]1CCCN1. The molecular formula is C10H17N3OS. The summed E-state index contributed by atoms with van der Waals surface area (Å²) in [6.45, 7) is 1.90. The molecule has 4 nitrogen and oxygen atoms in total. The fourth-order valence-electron chi connectivity index (χ4n) is 1.97. The van der Waals surface area contributed by atoms with Crippen LogP contribution in [0.15, 0.2) is 12.5 Å². The molecule has 15 heavy (non-hydrogen) atoms. The Morgan fingerprint density at radius 1 is 1.73 bits per heavy atom. The maximum atomic E-state index is 11.0. The fraction of sp³-hybridized carbons (Fsp3) is 0.700. The molecule has 2 heterocycles. The van der Waals surface area contributed by atoms with Gasteiger partial charge in [0.05, 0.1) is 12.0 Å². The molecule has 1 fully saturated rings. The molecule has 0 bridgehead atoms. The second-order valence-corrected chi connectivity index (χ2v) is 5.49. The molecule has 0 aliphatic carbocycles. The number of hydrogen-bond acceptors (Lipinski definition) is 3. The largest absolute Gasteiger partial charge is 0.332 e. The van der Waals surface area contributed by atoms with Crippen LogP contribution < -0.4 is 5.32 Å². The summed E-state index contributed by atoms with van der Waals surface area (Å²) < 4.78 is 13.1. The predicted octanol–water partition coefficient (Wildman–Crippen LogP) is 0.686. The molecule has 2 atom stereocenters. The summed E-state index contributed by atoms with van der Waals surface area (Å²) in [5.74, 6) is 0.704. The van der Waals surface area contributed by atoms with Gasteiger partial charge in [-0.1, -0.05) is 0 Å². The van der Waals surface area contributed by atoms with Crippen LogP contribution in [0.1, 0.15) is 24.6 Å². The highest BCUT2D eigenvalue weighted by molar-refractivity contribution is 7.84. The first-order chi connectivity index (χ1) is 7.27. The number of nitrogens with one attached hydrogen (secondary N) is 1. The van der Waals surface area contributed by atoms with Gasteiger partial charge in [0.1, 0.15) is 0 Å². The van der Waals surface area contributed by atoms with Crippen molar-refractivity contribution in [1.82, 2.24) is 14.9 Å². The van der Waals surface area contributed by atoms with Crippen molar-refractivity contribution in [1.29, 1.82) is 0 Å². The molecule has 2 rings (SSSR count). The molecule has 1 aliphatic heterocycles. The summed E-state index contributed by atoms with van der Waals surface area (Å²) in [5, 5.41) is 3.45. The van der Waals surface area contributed by atoms with Crippen LogP contribution in [0.5, 0.6) is 0 Å². The van der Waals surface area contributed by atoms with Gasteiger partial charge >= 0.3 is 0 Å². The summed E-state index contributed by atoms with van der Waals surface area (Å²) in [7, 11) is -0.729. The highest BCUT2D eigenvalue weighted by Crippen LogP contribution is 2.22. The third kappa shape index (κ3) is 2.66. The monoisotopic (exact) mass is 227 g/mol. The Kier molecular flexibility index (Phi) is 3.53. The van der Waals surface area contributed by atoms with E-state index in [4.69, 9.17) is 0 Å². The van der Waals surface area contributed by atoms with E-state index in [9.17, 15) is 4.21 Å². The van der Waals surface area contributed by atoms with Gasteiger partial charge in [-0.05, 0) is 19.4 Å². The van der Waals surface area contributed by atoms with Crippen molar-refractivity contribution in [3.63, 3.8) is 0 Å². The van der Waals surface area contributed by atoms with Gasteiger partial charge in [0.15, 0.2) is 0 Å². The highest BCUT2D eigenvalue weighted by atomic mass is 32.2. The molecule has 1 saturated heterocycles. The summed E-state index contributed by atoms with van der Waals surface area (Å²) in [6, 6.07) is 0.442. The van der Waals surface area contributed by atoms with Crippen molar-refractivity contribution in [2.45, 2.75) is 25.4 Å². The van der Waals surface area contributed by atoms with Crippen molar-refractivity contribution in [2.24, 2.45) is 0 Å². The van der Waals surface area contributed by atoms with E-state index < -0.39 is 10.8 Å². The van der Waals surface area contributed by atoms with Crippen LogP contribution in [0.2, 0.25) is 0 Å². The second kappa shape index (κ2) is 4.90. The molecule has 0 saturated carbocycles. The second-order valence-electron chi connectivity index (χ2n) is 3.94. The molecule has 5 heteroatoms. The van der Waals surface area contributed by atoms with Crippen LogP contribution in [0.3, 0.4) is 0 Å². The van der Waals surface area contributed by atoms with Crippen molar-refractivity contribution < 1.29 is 4.21 Å². The van der Waals surface area contributed by atoms with Crippen molar-refractivity contribution in [3.05, 3.63) is 18.2 Å². The third-order valence-electron chi connectivity index (χ3n) is 2.78. The van der Waals surface area contributed by atoms with Gasteiger partial charge < -0.3 is 9.88 Å². The summed E-state index contributed by atoms with van der Waals surface area (Å²) in [4.78, 5) is 4.17. The van der Waals surface area contributed by atoms with Crippen LogP contribution in [-0.4, -0.2) is 32.3 Å². The van der Waals surface area contributed by atoms with Crippen molar-refractivity contribution >= 4 is 10.8 Å². The quantitative estimate of drug-likeness (QED) is 0.823. The molecule has 1 aromatic heterocycles. The molecule has 0 aromatic carbocycles. The van der Waals surface area contributed by atoms with Gasteiger partial charge in [0, 0.05) is 41.6 Å². The Morgan fingerprint density at radius 3 is 3.27 bits per heavy atom. The van der Waals surface area contributed by atoms with Crippen LogP contribution >= 0.6 is 0 Å². The van der Waals surface area contributed by atoms with Gasteiger partial charge in [-0.3, -0.25) is 4.21 Å². The number of imidazole rings is 1. The van der Waals surface area contributed by atoms with Gasteiger partial charge in [-0.15, -0.1) is 0 Å². The van der Waals surface area contributed by atoms with E-state index >= 15 is 0 Å². The average Bonchev–Trinajstić information content (AvgIpc) is 2.85. The van der Waals surface area contributed by atoms with E-state index in [0.717, 1.165) is 13.1 Å². The first-order valence-corrected chi connectivity index (χ1v) is 7.03. The maximum absolute atomic E-state index is 11.0.